The predicted octanol–water partition coefficient (Wildman–Crippen LogP) is 4.89. The summed E-state index contributed by atoms with van der Waals surface area (Å²) in [5, 5.41) is 15.9. The van der Waals surface area contributed by atoms with Crippen molar-refractivity contribution in [1.82, 2.24) is 14.9 Å². The highest BCUT2D eigenvalue weighted by Crippen LogP contribution is 2.41. The number of anilines is 4. The largest absolute Gasteiger partial charge is 0.486 e. The molecule has 0 bridgehead atoms. The molecule has 0 saturated heterocycles. The number of halogens is 2. The van der Waals surface area contributed by atoms with Crippen LogP contribution in [-0.2, 0) is 4.79 Å². The van der Waals surface area contributed by atoms with Crippen LogP contribution in [-0.4, -0.2) is 60.6 Å². The summed E-state index contributed by atoms with van der Waals surface area (Å²) in [7, 11) is 3.30. The molecule has 0 spiro atoms. The molecule has 2 aromatic heterocycles. The van der Waals surface area contributed by atoms with Crippen molar-refractivity contribution in [2.45, 2.75) is 19.9 Å². The van der Waals surface area contributed by atoms with Gasteiger partial charge in [-0.2, -0.15) is 10.2 Å². The zero-order chi connectivity index (χ0) is 28.6. The molecule has 1 aliphatic heterocycles. The van der Waals surface area contributed by atoms with E-state index in [-0.39, 0.29) is 52.8 Å². The number of carbonyl (C=O) groups is 1. The topological polar surface area (TPSA) is 120 Å². The Hall–Kier alpha value is -4.92. The third-order valence-electron chi connectivity index (χ3n) is 6.51. The lowest BCUT2D eigenvalue weighted by Gasteiger charge is -2.35. The van der Waals surface area contributed by atoms with Gasteiger partial charge in [-0.15, -0.1) is 0 Å². The number of hydrogen-bond donors (Lipinski definition) is 2. The number of amides is 1. The molecule has 0 saturated carbocycles. The minimum atomic E-state index is -0.760. The van der Waals surface area contributed by atoms with Crippen LogP contribution in [0.2, 0.25) is 0 Å². The van der Waals surface area contributed by atoms with Crippen LogP contribution in [0.5, 0.6) is 5.75 Å². The Morgan fingerprint density at radius 1 is 1.23 bits per heavy atom. The summed E-state index contributed by atoms with van der Waals surface area (Å²) >= 11 is 0. The third-order valence-corrected chi connectivity index (χ3v) is 6.51. The van der Waals surface area contributed by atoms with E-state index in [0.29, 0.717) is 35.6 Å². The highest BCUT2D eigenvalue weighted by molar-refractivity contribution is 5.85. The van der Waals surface area contributed by atoms with Crippen molar-refractivity contribution in [1.29, 1.82) is 5.26 Å². The second-order valence-corrected chi connectivity index (χ2v) is 9.73. The van der Waals surface area contributed by atoms with Crippen molar-refractivity contribution in [2.24, 2.45) is 0 Å². The Bertz CT molecular complexity index is 1650. The second-order valence-electron chi connectivity index (χ2n) is 9.73. The van der Waals surface area contributed by atoms with E-state index < -0.39 is 11.6 Å². The number of fused-ring (bicyclic) bond motifs is 2. The van der Waals surface area contributed by atoms with Gasteiger partial charge in [0, 0.05) is 31.4 Å². The Morgan fingerprint density at radius 3 is 2.75 bits per heavy atom. The molecule has 40 heavy (non-hydrogen) atoms. The summed E-state index contributed by atoms with van der Waals surface area (Å²) in [6, 6.07) is 10.1. The van der Waals surface area contributed by atoms with Gasteiger partial charge >= 0.3 is 0 Å². The van der Waals surface area contributed by atoms with E-state index in [1.54, 1.807) is 38.4 Å². The standard InChI is InChI=1S/C28H27F2N7O3/c1-15(2)37-7-8-39-26-19(29)9-16(10-22(26)37)25-18(12-31)27(32-13-20(25)30)34-17-5-6-23-21(11-17)35-28(40-23)33-14-24(38)36(3)4/h5-6,9-11,13,15H,7-8,14H2,1-4H3,(H,32,34)(H,33,35). The van der Waals surface area contributed by atoms with Crippen LogP contribution in [0.3, 0.4) is 0 Å². The zero-order valence-corrected chi connectivity index (χ0v) is 22.4. The van der Waals surface area contributed by atoms with Gasteiger partial charge in [-0.3, -0.25) is 4.79 Å². The fourth-order valence-electron chi connectivity index (χ4n) is 4.48. The molecule has 0 fully saturated rings. The Balaban J connectivity index is 1.48. The molecule has 0 radical (unpaired) electrons. The maximum absolute atomic E-state index is 15.2. The lowest BCUT2D eigenvalue weighted by molar-refractivity contribution is -0.126. The number of aromatic nitrogens is 2. The second kappa shape index (κ2) is 10.7. The fraction of sp³-hybridized carbons (Fsp3) is 0.286. The van der Waals surface area contributed by atoms with Crippen molar-refractivity contribution in [2.75, 3.05) is 49.3 Å². The van der Waals surface area contributed by atoms with Gasteiger partial charge < -0.3 is 29.6 Å². The van der Waals surface area contributed by atoms with Crippen LogP contribution in [0, 0.1) is 23.0 Å². The SMILES string of the molecule is CC(C)N1CCOc2c(F)cc(-c3c(F)cnc(Nc4ccc5oc(NCC(=O)N(C)C)nc5c4)c3C#N)cc21. The molecule has 206 valence electrons. The van der Waals surface area contributed by atoms with E-state index in [1.807, 2.05) is 24.8 Å². The van der Waals surface area contributed by atoms with Gasteiger partial charge in [0.1, 0.15) is 29.6 Å². The van der Waals surface area contributed by atoms with E-state index in [4.69, 9.17) is 9.15 Å². The predicted molar refractivity (Wildman–Crippen MR) is 147 cm³/mol. The molecular weight excluding hydrogens is 520 g/mol. The number of oxazole rings is 1. The van der Waals surface area contributed by atoms with E-state index >= 15 is 8.78 Å². The number of nitriles is 1. The highest BCUT2D eigenvalue weighted by atomic mass is 19.1. The number of rotatable bonds is 7. The fourth-order valence-corrected chi connectivity index (χ4v) is 4.48. The number of nitrogens with one attached hydrogen (secondary N) is 2. The minimum absolute atomic E-state index is 0.0169. The van der Waals surface area contributed by atoms with Crippen LogP contribution in [0.4, 0.5) is 32.0 Å². The molecule has 4 aromatic rings. The van der Waals surface area contributed by atoms with E-state index in [0.717, 1.165) is 6.20 Å². The highest BCUT2D eigenvalue weighted by Gasteiger charge is 2.27. The smallest absolute Gasteiger partial charge is 0.296 e. The first kappa shape index (κ1) is 26.7. The summed E-state index contributed by atoms with van der Waals surface area (Å²) < 4.78 is 41.5. The summed E-state index contributed by atoms with van der Waals surface area (Å²) in [4.78, 5) is 23.7. The Morgan fingerprint density at radius 2 is 2.02 bits per heavy atom. The van der Waals surface area contributed by atoms with Crippen LogP contribution in [0.25, 0.3) is 22.2 Å². The average Bonchev–Trinajstić information content (AvgIpc) is 3.34. The van der Waals surface area contributed by atoms with Gasteiger partial charge in [-0.25, -0.2) is 13.8 Å². The van der Waals surface area contributed by atoms with Crippen LogP contribution >= 0.6 is 0 Å². The summed E-state index contributed by atoms with van der Waals surface area (Å²) in [5.41, 5.74) is 2.00. The molecule has 5 rings (SSSR count). The number of nitrogens with zero attached hydrogens (tertiary/aromatic N) is 5. The first-order valence-electron chi connectivity index (χ1n) is 12.6. The van der Waals surface area contributed by atoms with Gasteiger partial charge in [0.2, 0.25) is 5.91 Å². The molecule has 0 aliphatic carbocycles. The van der Waals surface area contributed by atoms with Crippen LogP contribution in [0.15, 0.2) is 40.9 Å². The molecule has 2 N–H and O–H groups in total. The molecule has 1 amide bonds. The number of likely N-dealkylation sites (N-methyl/N-ethyl adjacent to an activating group) is 1. The summed E-state index contributed by atoms with van der Waals surface area (Å²) in [5.74, 6) is -1.34. The maximum Gasteiger partial charge on any atom is 0.296 e. The molecular formula is C28H27F2N7O3. The minimum Gasteiger partial charge on any atom is -0.486 e. The molecule has 10 nitrogen and oxygen atoms in total. The van der Waals surface area contributed by atoms with Gasteiger partial charge in [0.15, 0.2) is 23.0 Å². The van der Waals surface area contributed by atoms with E-state index in [2.05, 4.69) is 20.6 Å². The number of hydrogen-bond acceptors (Lipinski definition) is 9. The van der Waals surface area contributed by atoms with Crippen LogP contribution < -0.4 is 20.3 Å². The Kier molecular flexibility index (Phi) is 7.13. The van der Waals surface area contributed by atoms with E-state index in [9.17, 15) is 10.1 Å². The van der Waals surface area contributed by atoms with Crippen molar-refractivity contribution in [3.8, 4) is 22.9 Å². The maximum atomic E-state index is 15.2. The van der Waals surface area contributed by atoms with Crippen molar-refractivity contribution < 1.29 is 22.7 Å². The van der Waals surface area contributed by atoms with Gasteiger partial charge in [-0.05, 0) is 49.7 Å². The molecule has 0 unspecified atom stereocenters. The lowest BCUT2D eigenvalue weighted by atomic mass is 9.98. The first-order chi connectivity index (χ1) is 19.2. The van der Waals surface area contributed by atoms with Crippen molar-refractivity contribution in [3.63, 3.8) is 0 Å². The van der Waals surface area contributed by atoms with Gasteiger partial charge in [0.05, 0.1) is 25.0 Å². The lowest BCUT2D eigenvalue weighted by Crippen LogP contribution is -2.38. The quantitative estimate of drug-likeness (QED) is 0.333. The first-order valence-corrected chi connectivity index (χ1v) is 12.6. The van der Waals surface area contributed by atoms with E-state index in [1.165, 1.54) is 11.0 Å². The van der Waals surface area contributed by atoms with Crippen molar-refractivity contribution in [3.05, 3.63) is 53.7 Å². The molecule has 3 heterocycles. The Labute approximate surface area is 229 Å². The third kappa shape index (κ3) is 5.05. The normalized spacial score (nSPS) is 12.6. The summed E-state index contributed by atoms with van der Waals surface area (Å²) in [6.07, 6.45) is 0.991. The van der Waals surface area contributed by atoms with Crippen LogP contribution in [0.1, 0.15) is 19.4 Å². The molecule has 0 atom stereocenters. The summed E-state index contributed by atoms with van der Waals surface area (Å²) in [6.45, 7) is 4.86. The average molecular weight is 548 g/mol. The molecule has 2 aromatic carbocycles. The number of carbonyl (C=O) groups excluding carboxylic acids is 1. The van der Waals surface area contributed by atoms with Gasteiger partial charge in [-0.1, -0.05) is 0 Å². The van der Waals surface area contributed by atoms with Gasteiger partial charge in [0.25, 0.3) is 6.01 Å². The zero-order valence-electron chi connectivity index (χ0n) is 22.4. The number of pyridine rings is 1. The van der Waals surface area contributed by atoms with Crippen molar-refractivity contribution >= 4 is 40.2 Å². The molecule has 12 heteroatoms. The number of ether oxygens (including phenoxy) is 1. The molecule has 1 aliphatic rings. The number of benzene rings is 2. The monoisotopic (exact) mass is 547 g/mol.